The summed E-state index contributed by atoms with van der Waals surface area (Å²) in [6.45, 7) is 1.33. The van der Waals surface area contributed by atoms with Gasteiger partial charge in [0, 0.05) is 24.6 Å². The van der Waals surface area contributed by atoms with Crippen molar-refractivity contribution in [1.82, 2.24) is 19.8 Å². The molecule has 0 aliphatic carbocycles. The molecular weight excluding hydrogens is 420 g/mol. The molecule has 1 saturated heterocycles. The molecule has 0 radical (unpaired) electrons. The van der Waals surface area contributed by atoms with Crippen molar-refractivity contribution in [2.24, 2.45) is 0 Å². The van der Waals surface area contributed by atoms with Crippen LogP contribution in [0.25, 0.3) is 0 Å². The molecule has 4 heterocycles. The van der Waals surface area contributed by atoms with Crippen LogP contribution in [0.3, 0.4) is 0 Å². The average Bonchev–Trinajstić information content (AvgIpc) is 3.57. The van der Waals surface area contributed by atoms with Crippen LogP contribution in [0.1, 0.15) is 34.8 Å². The van der Waals surface area contributed by atoms with E-state index in [9.17, 15) is 0 Å². The smallest absolute Gasteiger partial charge is 0.170 e. The molecule has 1 aliphatic rings. The molecule has 1 aromatic carbocycles. The molecule has 5 rings (SSSR count). The lowest BCUT2D eigenvalue weighted by Gasteiger charge is -2.29. The molecule has 4 aromatic rings. The highest BCUT2D eigenvalue weighted by Crippen LogP contribution is 2.39. The Kier molecular flexibility index (Phi) is 5.64. The standard InChI is InChI=1S/C25H24N4O2S/c1-30-19-11-9-18(10-12-19)16-29-24(23(27-25(29)32)21-7-2-3-13-26-21)22-8-4-14-28(22)17-20-6-5-15-31-20/h2-15,23-24H,16-17H2,1H3,(H,27,32)/t23-,24-/m0/s1. The Labute approximate surface area is 192 Å². The molecule has 1 fully saturated rings. The molecule has 0 amide bonds. The number of rotatable bonds is 7. The van der Waals surface area contributed by atoms with Gasteiger partial charge in [-0.3, -0.25) is 4.98 Å². The van der Waals surface area contributed by atoms with Crippen molar-refractivity contribution in [2.75, 3.05) is 7.11 Å². The number of furan rings is 1. The summed E-state index contributed by atoms with van der Waals surface area (Å²) in [5.41, 5.74) is 3.27. The zero-order valence-electron chi connectivity index (χ0n) is 17.7. The highest BCUT2D eigenvalue weighted by molar-refractivity contribution is 7.80. The van der Waals surface area contributed by atoms with E-state index >= 15 is 0 Å². The SMILES string of the molecule is COc1ccc(CN2C(=S)N[C@@H](c3ccccn3)[C@@H]2c2cccn2Cc2ccco2)cc1. The van der Waals surface area contributed by atoms with Crippen LogP contribution in [0.5, 0.6) is 5.75 Å². The molecule has 3 aromatic heterocycles. The van der Waals surface area contributed by atoms with Crippen LogP contribution in [0.2, 0.25) is 0 Å². The van der Waals surface area contributed by atoms with Gasteiger partial charge < -0.3 is 23.9 Å². The summed E-state index contributed by atoms with van der Waals surface area (Å²) in [4.78, 5) is 6.87. The van der Waals surface area contributed by atoms with Crippen molar-refractivity contribution in [3.05, 3.63) is 108 Å². The monoisotopic (exact) mass is 444 g/mol. The van der Waals surface area contributed by atoms with Gasteiger partial charge in [0.05, 0.1) is 37.7 Å². The first-order chi connectivity index (χ1) is 15.7. The molecule has 7 heteroatoms. The third kappa shape index (κ3) is 3.99. The summed E-state index contributed by atoms with van der Waals surface area (Å²) >= 11 is 5.81. The molecule has 32 heavy (non-hydrogen) atoms. The number of hydrogen-bond donors (Lipinski definition) is 1. The fourth-order valence-corrected chi connectivity index (χ4v) is 4.54. The third-order valence-electron chi connectivity index (χ3n) is 5.78. The molecule has 0 spiro atoms. The molecular formula is C25H24N4O2S. The van der Waals surface area contributed by atoms with Gasteiger partial charge in [0.1, 0.15) is 11.5 Å². The van der Waals surface area contributed by atoms with E-state index in [1.54, 1.807) is 13.4 Å². The number of nitrogens with one attached hydrogen (secondary N) is 1. The Balaban J connectivity index is 1.52. The average molecular weight is 445 g/mol. The molecule has 0 bridgehead atoms. The number of benzene rings is 1. The maximum atomic E-state index is 5.81. The number of thiocarbonyl (C=S) groups is 1. The van der Waals surface area contributed by atoms with Gasteiger partial charge >= 0.3 is 0 Å². The minimum atomic E-state index is -0.0628. The summed E-state index contributed by atoms with van der Waals surface area (Å²) < 4.78 is 13.1. The fourth-order valence-electron chi connectivity index (χ4n) is 4.24. The van der Waals surface area contributed by atoms with E-state index in [0.29, 0.717) is 18.2 Å². The van der Waals surface area contributed by atoms with Crippen molar-refractivity contribution < 1.29 is 9.15 Å². The van der Waals surface area contributed by atoms with Crippen LogP contribution in [0, 0.1) is 0 Å². The fraction of sp³-hybridized carbons (Fsp3) is 0.200. The van der Waals surface area contributed by atoms with E-state index in [1.165, 1.54) is 0 Å². The number of methoxy groups -OCH3 is 1. The largest absolute Gasteiger partial charge is 0.497 e. The lowest BCUT2D eigenvalue weighted by atomic mass is 10.0. The topological polar surface area (TPSA) is 55.5 Å². The quantitative estimate of drug-likeness (QED) is 0.417. The van der Waals surface area contributed by atoms with Crippen LogP contribution in [0.4, 0.5) is 0 Å². The second-order valence-electron chi connectivity index (χ2n) is 7.74. The molecule has 162 valence electrons. The van der Waals surface area contributed by atoms with Gasteiger partial charge in [-0.05, 0) is 66.3 Å². The van der Waals surface area contributed by atoms with Gasteiger partial charge in [-0.15, -0.1) is 0 Å². The minimum Gasteiger partial charge on any atom is -0.497 e. The molecule has 6 nitrogen and oxygen atoms in total. The van der Waals surface area contributed by atoms with E-state index < -0.39 is 0 Å². The molecule has 2 atom stereocenters. The van der Waals surface area contributed by atoms with Gasteiger partial charge in [-0.1, -0.05) is 18.2 Å². The van der Waals surface area contributed by atoms with Crippen LogP contribution in [-0.2, 0) is 13.1 Å². The second kappa shape index (κ2) is 8.88. The first-order valence-corrected chi connectivity index (χ1v) is 10.9. The van der Waals surface area contributed by atoms with Crippen molar-refractivity contribution in [1.29, 1.82) is 0 Å². The van der Waals surface area contributed by atoms with Crippen LogP contribution in [-0.4, -0.2) is 26.7 Å². The predicted octanol–water partition coefficient (Wildman–Crippen LogP) is 4.71. The van der Waals surface area contributed by atoms with E-state index in [-0.39, 0.29) is 12.1 Å². The molecule has 0 saturated carbocycles. The highest BCUT2D eigenvalue weighted by atomic mass is 32.1. The van der Waals surface area contributed by atoms with Gasteiger partial charge in [-0.25, -0.2) is 0 Å². The summed E-state index contributed by atoms with van der Waals surface area (Å²) in [5, 5.41) is 4.24. The maximum Gasteiger partial charge on any atom is 0.170 e. The van der Waals surface area contributed by atoms with E-state index in [4.69, 9.17) is 21.4 Å². The predicted molar refractivity (Wildman–Crippen MR) is 126 cm³/mol. The zero-order chi connectivity index (χ0) is 21.9. The summed E-state index contributed by atoms with van der Waals surface area (Å²) in [6.07, 6.45) is 5.61. The third-order valence-corrected chi connectivity index (χ3v) is 6.14. The second-order valence-corrected chi connectivity index (χ2v) is 8.13. The van der Waals surface area contributed by atoms with Crippen LogP contribution < -0.4 is 10.1 Å². The molecule has 0 unspecified atom stereocenters. The van der Waals surface area contributed by atoms with Gasteiger partial charge in [-0.2, -0.15) is 0 Å². The lowest BCUT2D eigenvalue weighted by Crippen LogP contribution is -2.30. The van der Waals surface area contributed by atoms with Crippen molar-refractivity contribution in [3.63, 3.8) is 0 Å². The van der Waals surface area contributed by atoms with Crippen LogP contribution in [0.15, 0.2) is 89.8 Å². The van der Waals surface area contributed by atoms with Gasteiger partial charge in [0.25, 0.3) is 0 Å². The number of hydrogen-bond acceptors (Lipinski definition) is 4. The normalized spacial score (nSPS) is 18.0. The van der Waals surface area contributed by atoms with E-state index in [1.807, 2.05) is 48.7 Å². The van der Waals surface area contributed by atoms with E-state index in [0.717, 1.165) is 28.5 Å². The minimum absolute atomic E-state index is 0.0236. The highest BCUT2D eigenvalue weighted by Gasteiger charge is 2.41. The number of pyridine rings is 1. The van der Waals surface area contributed by atoms with E-state index in [2.05, 4.69) is 50.2 Å². The Bertz CT molecular complexity index is 1170. The Morgan fingerprint density at radius 1 is 1.03 bits per heavy atom. The number of ether oxygens (including phenoxy) is 1. The summed E-state index contributed by atoms with van der Waals surface area (Å²) in [6, 6.07) is 22.1. The summed E-state index contributed by atoms with van der Waals surface area (Å²) in [5.74, 6) is 1.75. The molecule has 1 aliphatic heterocycles. The Hall–Kier alpha value is -3.58. The first-order valence-electron chi connectivity index (χ1n) is 10.5. The number of aromatic nitrogens is 2. The Morgan fingerprint density at radius 3 is 2.62 bits per heavy atom. The lowest BCUT2D eigenvalue weighted by molar-refractivity contribution is 0.296. The number of nitrogens with zero attached hydrogens (tertiary/aromatic N) is 3. The molecule has 1 N–H and O–H groups in total. The van der Waals surface area contributed by atoms with Crippen molar-refractivity contribution >= 4 is 17.3 Å². The van der Waals surface area contributed by atoms with Crippen molar-refractivity contribution in [3.8, 4) is 5.75 Å². The summed E-state index contributed by atoms with van der Waals surface area (Å²) in [7, 11) is 1.68. The van der Waals surface area contributed by atoms with Gasteiger partial charge in [0.15, 0.2) is 5.11 Å². The van der Waals surface area contributed by atoms with Gasteiger partial charge in [0.2, 0.25) is 0 Å². The van der Waals surface area contributed by atoms with Crippen molar-refractivity contribution in [2.45, 2.75) is 25.2 Å². The zero-order valence-corrected chi connectivity index (χ0v) is 18.5. The van der Waals surface area contributed by atoms with Crippen LogP contribution >= 0.6 is 12.2 Å². The Morgan fingerprint density at radius 2 is 1.91 bits per heavy atom. The first kappa shape index (κ1) is 20.3. The maximum absolute atomic E-state index is 5.81.